The molecule has 2 aromatic rings. The number of carbonyl (C=O) groups is 1. The number of likely N-dealkylation sites (N-methyl/N-ethyl adjacent to an activating group) is 1. The predicted octanol–water partition coefficient (Wildman–Crippen LogP) is 2.73. The van der Waals surface area contributed by atoms with Gasteiger partial charge in [-0.2, -0.15) is 0 Å². The molecule has 0 aliphatic rings. The molecule has 0 aliphatic carbocycles. The number of nitrogens with one attached hydrogen (secondary N) is 2. The van der Waals surface area contributed by atoms with Crippen molar-refractivity contribution < 1.29 is 4.79 Å². The number of amides is 1. The van der Waals surface area contributed by atoms with Crippen LogP contribution in [0.15, 0.2) is 48.5 Å². The molecule has 0 bridgehead atoms. The lowest BCUT2D eigenvalue weighted by atomic mass is 9.96. The SMILES string of the molecule is CNCC(=O)NC(c1cccc(C)c1)c1cccc(C)c1. The highest BCUT2D eigenvalue weighted by atomic mass is 16.1. The molecule has 21 heavy (non-hydrogen) atoms. The lowest BCUT2D eigenvalue weighted by Crippen LogP contribution is -2.35. The predicted molar refractivity (Wildman–Crippen MR) is 86.3 cm³/mol. The summed E-state index contributed by atoms with van der Waals surface area (Å²) in [6.45, 7) is 4.44. The normalized spacial score (nSPS) is 10.7. The Morgan fingerprint density at radius 1 is 1.00 bits per heavy atom. The molecule has 2 aromatic carbocycles. The van der Waals surface area contributed by atoms with Crippen molar-refractivity contribution in [2.24, 2.45) is 0 Å². The van der Waals surface area contributed by atoms with E-state index in [1.807, 2.05) is 12.1 Å². The van der Waals surface area contributed by atoms with Crippen LogP contribution in [-0.2, 0) is 4.79 Å². The van der Waals surface area contributed by atoms with E-state index in [1.54, 1.807) is 7.05 Å². The zero-order chi connectivity index (χ0) is 15.2. The second kappa shape index (κ2) is 7.04. The second-order valence-corrected chi connectivity index (χ2v) is 5.36. The highest BCUT2D eigenvalue weighted by Gasteiger charge is 2.16. The molecule has 0 saturated heterocycles. The van der Waals surface area contributed by atoms with Gasteiger partial charge in [-0.05, 0) is 32.0 Å². The summed E-state index contributed by atoms with van der Waals surface area (Å²) in [5.41, 5.74) is 4.58. The molecule has 0 saturated carbocycles. The Hall–Kier alpha value is -2.13. The van der Waals surface area contributed by atoms with Crippen LogP contribution in [0.4, 0.5) is 0 Å². The molecule has 0 radical (unpaired) electrons. The molecule has 3 nitrogen and oxygen atoms in total. The largest absolute Gasteiger partial charge is 0.344 e. The number of benzene rings is 2. The van der Waals surface area contributed by atoms with Crippen LogP contribution in [0.5, 0.6) is 0 Å². The van der Waals surface area contributed by atoms with Crippen molar-refractivity contribution in [2.45, 2.75) is 19.9 Å². The Labute approximate surface area is 126 Å². The van der Waals surface area contributed by atoms with Crippen LogP contribution >= 0.6 is 0 Å². The first-order chi connectivity index (χ1) is 10.1. The molecule has 0 atom stereocenters. The van der Waals surface area contributed by atoms with Crippen molar-refractivity contribution in [1.29, 1.82) is 0 Å². The zero-order valence-corrected chi connectivity index (χ0v) is 12.8. The zero-order valence-electron chi connectivity index (χ0n) is 12.8. The average Bonchev–Trinajstić information content (AvgIpc) is 2.45. The first-order valence-corrected chi connectivity index (χ1v) is 7.17. The van der Waals surface area contributed by atoms with Gasteiger partial charge in [-0.1, -0.05) is 59.7 Å². The van der Waals surface area contributed by atoms with E-state index in [-0.39, 0.29) is 11.9 Å². The van der Waals surface area contributed by atoms with Crippen LogP contribution in [0.1, 0.15) is 28.3 Å². The minimum atomic E-state index is -0.120. The molecule has 1 amide bonds. The summed E-state index contributed by atoms with van der Waals surface area (Å²) in [6.07, 6.45) is 0. The molecule has 0 aliphatic heterocycles. The van der Waals surface area contributed by atoms with E-state index in [4.69, 9.17) is 0 Å². The molecule has 0 aromatic heterocycles. The quantitative estimate of drug-likeness (QED) is 0.885. The van der Waals surface area contributed by atoms with Crippen LogP contribution in [-0.4, -0.2) is 19.5 Å². The van der Waals surface area contributed by atoms with Gasteiger partial charge in [0.25, 0.3) is 0 Å². The summed E-state index contributed by atoms with van der Waals surface area (Å²) in [6, 6.07) is 16.4. The molecule has 0 heterocycles. The third-order valence-electron chi connectivity index (χ3n) is 3.39. The van der Waals surface area contributed by atoms with E-state index in [1.165, 1.54) is 11.1 Å². The minimum absolute atomic E-state index is 0.00878. The molecule has 0 unspecified atom stereocenters. The average molecular weight is 282 g/mol. The Morgan fingerprint density at radius 3 is 1.95 bits per heavy atom. The summed E-state index contributed by atoms with van der Waals surface area (Å²) >= 11 is 0. The fraction of sp³-hybridized carbons (Fsp3) is 0.278. The minimum Gasteiger partial charge on any atom is -0.344 e. The number of aryl methyl sites for hydroxylation is 2. The maximum atomic E-state index is 12.0. The Balaban J connectivity index is 2.36. The van der Waals surface area contributed by atoms with Gasteiger partial charge in [-0.15, -0.1) is 0 Å². The second-order valence-electron chi connectivity index (χ2n) is 5.36. The lowest BCUT2D eigenvalue weighted by Gasteiger charge is -2.21. The van der Waals surface area contributed by atoms with Crippen molar-refractivity contribution in [3.8, 4) is 0 Å². The molecular formula is C18H22N2O. The van der Waals surface area contributed by atoms with E-state index in [9.17, 15) is 4.79 Å². The van der Waals surface area contributed by atoms with Gasteiger partial charge >= 0.3 is 0 Å². The number of hydrogen-bond acceptors (Lipinski definition) is 2. The number of hydrogen-bond donors (Lipinski definition) is 2. The van der Waals surface area contributed by atoms with E-state index in [2.05, 4.69) is 60.9 Å². The molecule has 0 spiro atoms. The van der Waals surface area contributed by atoms with Crippen LogP contribution in [0, 0.1) is 13.8 Å². The summed E-state index contributed by atoms with van der Waals surface area (Å²) < 4.78 is 0. The van der Waals surface area contributed by atoms with Crippen LogP contribution < -0.4 is 10.6 Å². The monoisotopic (exact) mass is 282 g/mol. The van der Waals surface area contributed by atoms with Gasteiger partial charge in [0.05, 0.1) is 12.6 Å². The summed E-state index contributed by atoms with van der Waals surface area (Å²) in [4.78, 5) is 12.0. The lowest BCUT2D eigenvalue weighted by molar-refractivity contribution is -0.120. The van der Waals surface area contributed by atoms with Gasteiger partial charge in [0, 0.05) is 0 Å². The topological polar surface area (TPSA) is 41.1 Å². The highest BCUT2D eigenvalue weighted by molar-refractivity contribution is 5.79. The molecule has 110 valence electrons. The van der Waals surface area contributed by atoms with Crippen LogP contribution in [0.3, 0.4) is 0 Å². The highest BCUT2D eigenvalue weighted by Crippen LogP contribution is 2.23. The maximum Gasteiger partial charge on any atom is 0.234 e. The molecule has 0 fully saturated rings. The standard InChI is InChI=1S/C18H22N2O/c1-13-6-4-8-15(10-13)18(20-17(21)12-19-3)16-9-5-7-14(2)11-16/h4-11,18-19H,12H2,1-3H3,(H,20,21). The smallest absolute Gasteiger partial charge is 0.234 e. The van der Waals surface area contributed by atoms with Crippen LogP contribution in [0.25, 0.3) is 0 Å². The molecule has 2 N–H and O–H groups in total. The van der Waals surface area contributed by atoms with Crippen molar-refractivity contribution in [3.05, 3.63) is 70.8 Å². The Kier molecular flexibility index (Phi) is 5.12. The maximum absolute atomic E-state index is 12.0. The van der Waals surface area contributed by atoms with Crippen molar-refractivity contribution in [3.63, 3.8) is 0 Å². The van der Waals surface area contributed by atoms with Gasteiger partial charge < -0.3 is 10.6 Å². The van der Waals surface area contributed by atoms with E-state index < -0.39 is 0 Å². The van der Waals surface area contributed by atoms with Crippen molar-refractivity contribution in [1.82, 2.24) is 10.6 Å². The van der Waals surface area contributed by atoms with Gasteiger partial charge in [0.15, 0.2) is 0 Å². The number of rotatable bonds is 5. The summed E-state index contributed by atoms with van der Waals surface area (Å²) in [5.74, 6) is -0.00878. The van der Waals surface area contributed by atoms with Crippen molar-refractivity contribution >= 4 is 5.91 Å². The molecule has 3 heteroatoms. The van der Waals surface area contributed by atoms with Gasteiger partial charge in [-0.25, -0.2) is 0 Å². The third kappa shape index (κ3) is 4.17. The summed E-state index contributed by atoms with van der Waals surface area (Å²) in [5, 5.41) is 5.99. The number of carbonyl (C=O) groups excluding carboxylic acids is 1. The summed E-state index contributed by atoms with van der Waals surface area (Å²) in [7, 11) is 1.77. The van der Waals surface area contributed by atoms with E-state index >= 15 is 0 Å². The van der Waals surface area contributed by atoms with Crippen LogP contribution in [0.2, 0.25) is 0 Å². The fourth-order valence-corrected chi connectivity index (χ4v) is 2.43. The fourth-order valence-electron chi connectivity index (χ4n) is 2.43. The Morgan fingerprint density at radius 2 is 1.52 bits per heavy atom. The first-order valence-electron chi connectivity index (χ1n) is 7.17. The third-order valence-corrected chi connectivity index (χ3v) is 3.39. The first kappa shape index (κ1) is 15.3. The van der Waals surface area contributed by atoms with Crippen molar-refractivity contribution in [2.75, 3.05) is 13.6 Å². The Bertz CT molecular complexity index is 577. The van der Waals surface area contributed by atoms with Gasteiger partial charge in [0.1, 0.15) is 0 Å². The van der Waals surface area contributed by atoms with E-state index in [0.717, 1.165) is 11.1 Å². The van der Waals surface area contributed by atoms with Gasteiger partial charge in [0.2, 0.25) is 5.91 Å². The van der Waals surface area contributed by atoms with E-state index in [0.29, 0.717) is 6.54 Å². The molecular weight excluding hydrogens is 260 g/mol. The molecule has 2 rings (SSSR count). The van der Waals surface area contributed by atoms with Gasteiger partial charge in [-0.3, -0.25) is 4.79 Å².